The Labute approximate surface area is 186 Å². The molecule has 1 saturated heterocycles. The van der Waals surface area contributed by atoms with E-state index in [0.717, 1.165) is 6.07 Å². The maximum atomic E-state index is 12.6. The summed E-state index contributed by atoms with van der Waals surface area (Å²) in [4.78, 5) is 46.7. The highest BCUT2D eigenvalue weighted by Crippen LogP contribution is 2.27. The second-order valence-electron chi connectivity index (χ2n) is 6.85. The second-order valence-corrected chi connectivity index (χ2v) is 7.83. The lowest BCUT2D eigenvalue weighted by Crippen LogP contribution is -2.41. The van der Waals surface area contributed by atoms with Gasteiger partial charge in [-0.15, -0.1) is 0 Å². The van der Waals surface area contributed by atoms with Crippen molar-refractivity contribution in [2.45, 2.75) is 6.92 Å². The summed E-state index contributed by atoms with van der Waals surface area (Å²) in [6, 6.07) is 4.02. The molecule has 2 amide bonds. The van der Waals surface area contributed by atoms with Crippen LogP contribution in [-0.2, 0) is 4.74 Å². The number of rotatable bonds is 5. The third-order valence-electron chi connectivity index (χ3n) is 4.78. The number of morpholine rings is 1. The van der Waals surface area contributed by atoms with Crippen LogP contribution in [0.4, 0.5) is 10.8 Å². The van der Waals surface area contributed by atoms with Crippen LogP contribution >= 0.6 is 11.3 Å². The number of benzene rings is 1. The summed E-state index contributed by atoms with van der Waals surface area (Å²) >= 11 is 1.23. The first-order chi connectivity index (χ1) is 15.4. The quantitative estimate of drug-likeness (QED) is 0.433. The molecule has 3 heterocycles. The molecule has 13 heteroatoms. The Balaban J connectivity index is 1.44. The summed E-state index contributed by atoms with van der Waals surface area (Å²) < 4.78 is 6.80. The number of aromatic nitrogens is 3. The molecule has 2 N–H and O–H groups in total. The van der Waals surface area contributed by atoms with Crippen molar-refractivity contribution in [1.82, 2.24) is 25.4 Å². The highest BCUT2D eigenvalue weighted by molar-refractivity contribution is 7.17. The van der Waals surface area contributed by atoms with E-state index in [1.807, 2.05) is 4.90 Å². The first-order valence-electron chi connectivity index (χ1n) is 9.61. The third kappa shape index (κ3) is 4.43. The van der Waals surface area contributed by atoms with Crippen LogP contribution in [0, 0.1) is 17.0 Å². The number of nitro groups is 1. The molecule has 12 nitrogen and oxygen atoms in total. The molecule has 0 spiro atoms. The molecule has 166 valence electrons. The minimum Gasteiger partial charge on any atom is -0.378 e. The fraction of sp³-hybridized carbons (Fsp3) is 0.263. The van der Waals surface area contributed by atoms with Gasteiger partial charge in [-0.2, -0.15) is 0 Å². The summed E-state index contributed by atoms with van der Waals surface area (Å²) in [6.45, 7) is 4.30. The van der Waals surface area contributed by atoms with E-state index in [-0.39, 0.29) is 16.9 Å². The number of amides is 2. The molecule has 1 fully saturated rings. The Bertz CT molecular complexity index is 1160. The molecule has 3 aromatic rings. The maximum absolute atomic E-state index is 12.6. The van der Waals surface area contributed by atoms with E-state index < -0.39 is 16.7 Å². The largest absolute Gasteiger partial charge is 0.378 e. The molecule has 32 heavy (non-hydrogen) atoms. The zero-order valence-corrected chi connectivity index (χ0v) is 17.8. The molecule has 0 unspecified atom stereocenters. The minimum atomic E-state index is -0.686. The lowest BCUT2D eigenvalue weighted by atomic mass is 10.1. The second kappa shape index (κ2) is 9.11. The van der Waals surface area contributed by atoms with Gasteiger partial charge >= 0.3 is 0 Å². The number of aryl methyl sites for hydroxylation is 1. The summed E-state index contributed by atoms with van der Waals surface area (Å²) in [5.74, 6) is -1.20. The summed E-state index contributed by atoms with van der Waals surface area (Å²) in [5, 5.41) is 12.2. The van der Waals surface area contributed by atoms with Gasteiger partial charge in [-0.3, -0.25) is 30.6 Å². The van der Waals surface area contributed by atoms with Crippen molar-refractivity contribution in [1.29, 1.82) is 0 Å². The third-order valence-corrected chi connectivity index (χ3v) is 6.00. The van der Waals surface area contributed by atoms with Gasteiger partial charge in [-0.1, -0.05) is 11.3 Å². The van der Waals surface area contributed by atoms with Crippen LogP contribution in [0.3, 0.4) is 0 Å². The lowest BCUT2D eigenvalue weighted by molar-refractivity contribution is -0.384. The van der Waals surface area contributed by atoms with Gasteiger partial charge in [0.05, 0.1) is 30.2 Å². The van der Waals surface area contributed by atoms with Crippen LogP contribution in [-0.4, -0.2) is 57.6 Å². The van der Waals surface area contributed by atoms with E-state index in [1.54, 1.807) is 13.1 Å². The molecule has 1 aliphatic heterocycles. The number of nitro benzene ring substituents is 1. The number of hydrogen-bond donors (Lipinski definition) is 2. The fourth-order valence-corrected chi connectivity index (χ4v) is 4.17. The van der Waals surface area contributed by atoms with E-state index in [0.29, 0.717) is 42.0 Å². The molecular formula is C19H19N7O5S. The van der Waals surface area contributed by atoms with Gasteiger partial charge < -0.3 is 14.2 Å². The Morgan fingerprint density at radius 1 is 1.22 bits per heavy atom. The number of hydrogen-bond acceptors (Lipinski definition) is 9. The van der Waals surface area contributed by atoms with Crippen molar-refractivity contribution in [2.24, 2.45) is 0 Å². The average Bonchev–Trinajstić information content (AvgIpc) is 3.47. The van der Waals surface area contributed by atoms with E-state index in [4.69, 9.17) is 4.74 Å². The molecule has 0 bridgehead atoms. The topological polar surface area (TPSA) is 145 Å². The van der Waals surface area contributed by atoms with Gasteiger partial charge in [0.15, 0.2) is 5.13 Å². The van der Waals surface area contributed by atoms with Crippen molar-refractivity contribution in [3.63, 3.8) is 0 Å². The number of imidazole rings is 1. The van der Waals surface area contributed by atoms with E-state index >= 15 is 0 Å². The van der Waals surface area contributed by atoms with Gasteiger partial charge in [0, 0.05) is 37.1 Å². The van der Waals surface area contributed by atoms with Gasteiger partial charge in [-0.25, -0.2) is 9.97 Å². The molecule has 4 rings (SSSR count). The molecular weight excluding hydrogens is 438 g/mol. The SMILES string of the molecule is Cc1nc(N2CCOCC2)sc1C(=O)NNC(=O)c1ccc(-n2ccnc2)c([N+](=O)[O-])c1. The van der Waals surface area contributed by atoms with E-state index in [9.17, 15) is 19.7 Å². The van der Waals surface area contributed by atoms with Gasteiger partial charge in [0.1, 0.15) is 10.6 Å². The first kappa shape index (κ1) is 21.4. The number of hydrazine groups is 1. The number of ether oxygens (including phenoxy) is 1. The van der Waals surface area contributed by atoms with Crippen molar-refractivity contribution in [3.8, 4) is 5.69 Å². The lowest BCUT2D eigenvalue weighted by Gasteiger charge is -2.25. The average molecular weight is 457 g/mol. The van der Waals surface area contributed by atoms with Crippen LogP contribution in [0.1, 0.15) is 25.7 Å². The number of nitrogens with zero attached hydrogens (tertiary/aromatic N) is 5. The highest BCUT2D eigenvalue weighted by atomic mass is 32.1. The molecule has 2 aromatic heterocycles. The fourth-order valence-electron chi connectivity index (χ4n) is 3.16. The number of carbonyl (C=O) groups is 2. The number of nitrogens with one attached hydrogen (secondary N) is 2. The van der Waals surface area contributed by atoms with Gasteiger partial charge in [0.2, 0.25) is 0 Å². The van der Waals surface area contributed by atoms with Crippen LogP contribution < -0.4 is 15.8 Å². The van der Waals surface area contributed by atoms with Crippen LogP contribution in [0.15, 0.2) is 36.9 Å². The molecule has 1 aromatic carbocycles. The summed E-state index contributed by atoms with van der Waals surface area (Å²) in [5.41, 5.74) is 5.22. The zero-order chi connectivity index (χ0) is 22.7. The normalized spacial score (nSPS) is 13.6. The number of anilines is 1. The van der Waals surface area contributed by atoms with Crippen molar-refractivity contribution < 1.29 is 19.2 Å². The van der Waals surface area contributed by atoms with Crippen molar-refractivity contribution >= 4 is 34.0 Å². The zero-order valence-electron chi connectivity index (χ0n) is 17.0. The minimum absolute atomic E-state index is 0.0240. The number of thiazole rings is 1. The van der Waals surface area contributed by atoms with Crippen LogP contribution in [0.2, 0.25) is 0 Å². The standard InChI is InChI=1S/C19H19N7O5S/c1-12-16(32-19(21-12)24-6-8-31-9-7-24)18(28)23-22-17(27)13-2-3-14(15(10-13)26(29)30)25-5-4-20-11-25/h2-5,10-11H,6-9H2,1H3,(H,22,27)(H,23,28). The van der Waals surface area contributed by atoms with E-state index in [2.05, 4.69) is 20.8 Å². The first-order valence-corrected chi connectivity index (χ1v) is 10.4. The van der Waals surface area contributed by atoms with Crippen molar-refractivity contribution in [2.75, 3.05) is 31.2 Å². The molecule has 0 atom stereocenters. The summed E-state index contributed by atoms with van der Waals surface area (Å²) in [6.07, 6.45) is 4.47. The molecule has 1 aliphatic rings. The molecule has 0 aliphatic carbocycles. The Morgan fingerprint density at radius 2 is 1.97 bits per heavy atom. The summed E-state index contributed by atoms with van der Waals surface area (Å²) in [7, 11) is 0. The predicted octanol–water partition coefficient (Wildman–Crippen LogP) is 1.46. The van der Waals surface area contributed by atoms with Crippen LogP contribution in [0.25, 0.3) is 5.69 Å². The maximum Gasteiger partial charge on any atom is 0.294 e. The van der Waals surface area contributed by atoms with Gasteiger partial charge in [0.25, 0.3) is 17.5 Å². The number of carbonyl (C=O) groups excluding carboxylic acids is 2. The van der Waals surface area contributed by atoms with Gasteiger partial charge in [-0.05, 0) is 19.1 Å². The molecule has 0 radical (unpaired) electrons. The Morgan fingerprint density at radius 3 is 2.66 bits per heavy atom. The molecule has 0 saturated carbocycles. The van der Waals surface area contributed by atoms with Crippen LogP contribution in [0.5, 0.6) is 0 Å². The highest BCUT2D eigenvalue weighted by Gasteiger charge is 2.22. The predicted molar refractivity (Wildman–Crippen MR) is 115 cm³/mol. The smallest absolute Gasteiger partial charge is 0.294 e. The van der Waals surface area contributed by atoms with E-state index in [1.165, 1.54) is 40.6 Å². The monoisotopic (exact) mass is 457 g/mol. The Hall–Kier alpha value is -3.84. The van der Waals surface area contributed by atoms with Crippen molar-refractivity contribution in [3.05, 3.63) is 63.2 Å². The Kier molecular flexibility index (Phi) is 6.09.